The average molecular weight is 435 g/mol. The molecular weight excluding hydrogens is 406 g/mol. The number of alkyl halides is 2. The lowest BCUT2D eigenvalue weighted by Crippen LogP contribution is -2.54. The molecule has 1 aliphatic heterocycles. The van der Waals surface area contributed by atoms with Gasteiger partial charge in [-0.2, -0.15) is 0 Å². The van der Waals surface area contributed by atoms with Crippen LogP contribution in [0.15, 0.2) is 47.8 Å². The topological polar surface area (TPSA) is 52.6 Å². The molecule has 0 unspecified atom stereocenters. The van der Waals surface area contributed by atoms with Gasteiger partial charge in [0.15, 0.2) is 5.60 Å². The highest BCUT2D eigenvalue weighted by Gasteiger charge is 2.53. The van der Waals surface area contributed by atoms with Crippen LogP contribution in [-0.2, 0) is 16.9 Å². The lowest BCUT2D eigenvalue weighted by atomic mass is 9.79. The van der Waals surface area contributed by atoms with Crippen molar-refractivity contribution in [3.63, 3.8) is 0 Å². The van der Waals surface area contributed by atoms with E-state index in [1.165, 1.54) is 4.88 Å². The molecule has 4 rings (SSSR count). The van der Waals surface area contributed by atoms with E-state index in [4.69, 9.17) is 0 Å². The predicted molar refractivity (Wildman–Crippen MR) is 113 cm³/mol. The molecule has 7 heteroatoms. The first-order chi connectivity index (χ1) is 14.4. The zero-order valence-electron chi connectivity index (χ0n) is 16.9. The maximum absolute atomic E-state index is 13.9. The van der Waals surface area contributed by atoms with Crippen LogP contribution < -0.4 is 5.32 Å². The number of carbonyl (C=O) groups is 1. The molecule has 0 bridgehead atoms. The Morgan fingerprint density at radius 3 is 2.50 bits per heavy atom. The van der Waals surface area contributed by atoms with Crippen LogP contribution in [0.2, 0.25) is 0 Å². The zero-order valence-corrected chi connectivity index (χ0v) is 17.7. The van der Waals surface area contributed by atoms with Crippen molar-refractivity contribution in [1.29, 1.82) is 0 Å². The number of likely N-dealkylation sites (tertiary alicyclic amines) is 1. The van der Waals surface area contributed by atoms with Crippen LogP contribution in [0.5, 0.6) is 0 Å². The number of carbonyl (C=O) groups excluding carboxylic acids is 1. The van der Waals surface area contributed by atoms with Crippen molar-refractivity contribution in [2.75, 3.05) is 13.1 Å². The predicted octanol–water partition coefficient (Wildman–Crippen LogP) is 4.15. The molecule has 1 saturated carbocycles. The molecule has 0 spiro atoms. The molecule has 30 heavy (non-hydrogen) atoms. The normalized spacial score (nSPS) is 24.4. The minimum atomic E-state index is -2.83. The summed E-state index contributed by atoms with van der Waals surface area (Å²) in [6.07, 6.45) is 0.933. The summed E-state index contributed by atoms with van der Waals surface area (Å²) in [6, 6.07) is 12.6. The number of halogens is 2. The van der Waals surface area contributed by atoms with Gasteiger partial charge in [0, 0.05) is 49.3 Å². The molecule has 1 aromatic carbocycles. The zero-order chi connectivity index (χ0) is 21.2. The quantitative estimate of drug-likeness (QED) is 0.718. The summed E-state index contributed by atoms with van der Waals surface area (Å²) in [5.41, 5.74) is -1.55. The molecule has 2 atom stereocenters. The second-order valence-electron chi connectivity index (χ2n) is 8.53. The molecule has 2 N–H and O–H groups in total. The van der Waals surface area contributed by atoms with E-state index in [0.29, 0.717) is 5.56 Å². The minimum absolute atomic E-state index is 0.0609. The minimum Gasteiger partial charge on any atom is -0.375 e. The van der Waals surface area contributed by atoms with Crippen molar-refractivity contribution in [1.82, 2.24) is 10.2 Å². The Morgan fingerprint density at radius 2 is 1.90 bits per heavy atom. The van der Waals surface area contributed by atoms with Crippen molar-refractivity contribution in [2.24, 2.45) is 5.92 Å². The Morgan fingerprint density at radius 1 is 1.17 bits per heavy atom. The summed E-state index contributed by atoms with van der Waals surface area (Å²) in [7, 11) is 0. The van der Waals surface area contributed by atoms with Gasteiger partial charge in [-0.15, -0.1) is 11.3 Å². The van der Waals surface area contributed by atoms with Crippen LogP contribution in [0.1, 0.15) is 42.5 Å². The molecule has 1 saturated heterocycles. The molecule has 2 aliphatic rings. The number of nitrogens with one attached hydrogen (secondary N) is 1. The SMILES string of the molecule is O=C(NC1CCN(Cc2cccs2)CC1)[C@](O)(c1ccccc1)[C@@H]1CCC(F)(F)C1. The fourth-order valence-electron chi connectivity index (χ4n) is 4.70. The first-order valence-corrected chi connectivity index (χ1v) is 11.5. The third-order valence-corrected chi connectivity index (χ3v) is 7.30. The molecule has 1 amide bonds. The lowest BCUT2D eigenvalue weighted by molar-refractivity contribution is -0.149. The van der Waals surface area contributed by atoms with E-state index < -0.39 is 29.8 Å². The van der Waals surface area contributed by atoms with Gasteiger partial charge in [-0.25, -0.2) is 8.78 Å². The second kappa shape index (κ2) is 8.73. The Hall–Kier alpha value is -1.83. The summed E-state index contributed by atoms with van der Waals surface area (Å²) in [5.74, 6) is -4.18. The number of rotatable bonds is 6. The van der Waals surface area contributed by atoms with Crippen molar-refractivity contribution in [3.05, 3.63) is 58.3 Å². The van der Waals surface area contributed by atoms with E-state index in [0.717, 1.165) is 32.5 Å². The highest BCUT2D eigenvalue weighted by molar-refractivity contribution is 7.09. The highest BCUT2D eigenvalue weighted by Crippen LogP contribution is 2.47. The van der Waals surface area contributed by atoms with Crippen LogP contribution in [0.25, 0.3) is 0 Å². The van der Waals surface area contributed by atoms with Crippen LogP contribution >= 0.6 is 11.3 Å². The number of amides is 1. The fourth-order valence-corrected chi connectivity index (χ4v) is 5.45. The number of aliphatic hydroxyl groups is 1. The third kappa shape index (κ3) is 4.58. The van der Waals surface area contributed by atoms with Crippen molar-refractivity contribution in [3.8, 4) is 0 Å². The van der Waals surface area contributed by atoms with Gasteiger partial charge in [0.2, 0.25) is 5.92 Å². The van der Waals surface area contributed by atoms with Gasteiger partial charge < -0.3 is 10.4 Å². The number of piperidine rings is 1. The largest absolute Gasteiger partial charge is 0.375 e. The van der Waals surface area contributed by atoms with E-state index >= 15 is 0 Å². The molecule has 2 fully saturated rings. The fraction of sp³-hybridized carbons (Fsp3) is 0.522. The van der Waals surface area contributed by atoms with Crippen LogP contribution in [0, 0.1) is 5.92 Å². The Kier molecular flexibility index (Phi) is 6.23. The van der Waals surface area contributed by atoms with Gasteiger partial charge in [-0.3, -0.25) is 9.69 Å². The smallest absolute Gasteiger partial charge is 0.257 e. The molecule has 0 radical (unpaired) electrons. The first-order valence-electron chi connectivity index (χ1n) is 10.6. The lowest BCUT2D eigenvalue weighted by Gasteiger charge is -2.37. The van der Waals surface area contributed by atoms with E-state index in [2.05, 4.69) is 21.7 Å². The van der Waals surface area contributed by atoms with Gasteiger partial charge in [0.05, 0.1) is 0 Å². The maximum atomic E-state index is 13.9. The molecule has 1 aliphatic carbocycles. The number of hydrogen-bond donors (Lipinski definition) is 2. The molecule has 162 valence electrons. The number of benzene rings is 1. The van der Waals surface area contributed by atoms with Crippen LogP contribution in [0.3, 0.4) is 0 Å². The van der Waals surface area contributed by atoms with Crippen molar-refractivity contribution in [2.45, 2.75) is 56.2 Å². The highest BCUT2D eigenvalue weighted by atomic mass is 32.1. The summed E-state index contributed by atoms with van der Waals surface area (Å²) >= 11 is 1.74. The Balaban J connectivity index is 1.43. The Labute approximate surface area is 179 Å². The summed E-state index contributed by atoms with van der Waals surface area (Å²) in [5, 5.41) is 16.5. The van der Waals surface area contributed by atoms with E-state index in [1.54, 1.807) is 41.7 Å². The van der Waals surface area contributed by atoms with Gasteiger partial charge in [-0.1, -0.05) is 36.4 Å². The van der Waals surface area contributed by atoms with Gasteiger partial charge in [0.1, 0.15) is 0 Å². The number of hydrogen-bond acceptors (Lipinski definition) is 4. The molecular formula is C23H28F2N2O2S. The first kappa shape index (κ1) is 21.4. The number of nitrogens with zero attached hydrogens (tertiary/aromatic N) is 1. The summed E-state index contributed by atoms with van der Waals surface area (Å²) < 4.78 is 27.8. The Bertz CT molecular complexity index is 838. The third-order valence-electron chi connectivity index (χ3n) is 6.44. The summed E-state index contributed by atoms with van der Waals surface area (Å²) in [4.78, 5) is 16.9. The van der Waals surface area contributed by atoms with E-state index in [9.17, 15) is 18.7 Å². The van der Waals surface area contributed by atoms with Gasteiger partial charge in [0.25, 0.3) is 5.91 Å². The summed E-state index contributed by atoms with van der Waals surface area (Å²) in [6.45, 7) is 2.62. The van der Waals surface area contributed by atoms with E-state index in [-0.39, 0.29) is 18.9 Å². The molecule has 4 nitrogen and oxygen atoms in total. The van der Waals surface area contributed by atoms with E-state index in [1.807, 2.05) is 6.07 Å². The monoisotopic (exact) mass is 434 g/mol. The van der Waals surface area contributed by atoms with Crippen molar-refractivity contribution >= 4 is 17.2 Å². The van der Waals surface area contributed by atoms with Crippen LogP contribution in [0.4, 0.5) is 8.78 Å². The number of thiophene rings is 1. The second-order valence-corrected chi connectivity index (χ2v) is 9.56. The maximum Gasteiger partial charge on any atom is 0.257 e. The molecule has 1 aromatic heterocycles. The molecule has 2 aromatic rings. The van der Waals surface area contributed by atoms with Crippen LogP contribution in [-0.4, -0.2) is 41.0 Å². The molecule has 2 heterocycles. The van der Waals surface area contributed by atoms with Crippen molar-refractivity contribution < 1.29 is 18.7 Å². The van der Waals surface area contributed by atoms with Gasteiger partial charge in [-0.05, 0) is 36.3 Å². The van der Waals surface area contributed by atoms with Gasteiger partial charge >= 0.3 is 0 Å². The standard InChI is InChI=1S/C23H28F2N2O2S/c24-22(25)11-8-18(15-22)23(29,17-5-2-1-3-6-17)21(28)26-19-9-12-27(13-10-19)16-20-7-4-14-30-20/h1-7,14,18-19,29H,8-13,15-16H2,(H,26,28)/t18-,23+/m1/s1. The average Bonchev–Trinajstić information content (AvgIpc) is 3.38.